The van der Waals surface area contributed by atoms with E-state index in [1.54, 1.807) is 14.0 Å². The van der Waals surface area contributed by atoms with E-state index < -0.39 is 0 Å². The number of hydrogen-bond donors (Lipinski definition) is 0. The Labute approximate surface area is 88.3 Å². The Balaban J connectivity index is 2.81. The second-order valence-electron chi connectivity index (χ2n) is 3.55. The van der Waals surface area contributed by atoms with E-state index in [2.05, 4.69) is 0 Å². The quantitative estimate of drug-likeness (QED) is 0.702. The molecule has 2 heterocycles. The molecule has 0 aliphatic rings. The van der Waals surface area contributed by atoms with Gasteiger partial charge in [0.1, 0.15) is 0 Å². The van der Waals surface area contributed by atoms with Crippen molar-refractivity contribution >= 4 is 11.3 Å². The number of carbonyl (C=O) groups is 1. The van der Waals surface area contributed by atoms with Gasteiger partial charge in [0.2, 0.25) is 0 Å². The Morgan fingerprint density at radius 3 is 2.73 bits per heavy atom. The summed E-state index contributed by atoms with van der Waals surface area (Å²) in [6.07, 6.45) is 1.83. The van der Waals surface area contributed by atoms with Crippen LogP contribution in [-0.2, 0) is 0 Å². The van der Waals surface area contributed by atoms with Crippen LogP contribution in [0.3, 0.4) is 0 Å². The maximum atomic E-state index is 11.4. The van der Waals surface area contributed by atoms with Gasteiger partial charge in [0, 0.05) is 11.8 Å². The van der Waals surface area contributed by atoms with E-state index in [1.165, 1.54) is 0 Å². The first-order chi connectivity index (χ1) is 7.15. The van der Waals surface area contributed by atoms with Crippen molar-refractivity contribution in [3.63, 3.8) is 0 Å². The number of rotatable bonds is 2. The van der Waals surface area contributed by atoms with Gasteiger partial charge in [-0.3, -0.25) is 9.20 Å². The molecule has 15 heavy (non-hydrogen) atoms. The van der Waals surface area contributed by atoms with E-state index >= 15 is 0 Å². The van der Waals surface area contributed by atoms with Crippen LogP contribution < -0.4 is 4.74 Å². The maximum absolute atomic E-state index is 11.4. The highest BCUT2D eigenvalue weighted by atomic mass is 16.5. The molecule has 0 saturated carbocycles. The van der Waals surface area contributed by atoms with Crippen LogP contribution in [0.5, 0.6) is 5.88 Å². The number of ketones is 1. The minimum absolute atomic E-state index is 0.0817. The standard InChI is InChI=1S/C12H13NO2/c1-8-10(9(2)14)7-13-11(8)5-4-6-12(13)15-3/h4-7H,1-3H3. The molecule has 2 aromatic heterocycles. The molecule has 3 nitrogen and oxygen atoms in total. The zero-order chi connectivity index (χ0) is 11.0. The molecule has 0 fully saturated rings. The van der Waals surface area contributed by atoms with Gasteiger partial charge in [-0.25, -0.2) is 0 Å². The average Bonchev–Trinajstić information content (AvgIpc) is 2.56. The number of carbonyl (C=O) groups excluding carboxylic acids is 1. The minimum atomic E-state index is 0.0817. The number of hydrogen-bond acceptors (Lipinski definition) is 2. The molecule has 0 amide bonds. The fourth-order valence-corrected chi connectivity index (χ4v) is 1.82. The number of ether oxygens (including phenoxy) is 1. The second-order valence-corrected chi connectivity index (χ2v) is 3.55. The first kappa shape index (κ1) is 9.77. The lowest BCUT2D eigenvalue weighted by atomic mass is 10.1. The maximum Gasteiger partial charge on any atom is 0.197 e. The highest BCUT2D eigenvalue weighted by molar-refractivity contribution is 5.97. The second kappa shape index (κ2) is 3.42. The molecule has 0 radical (unpaired) electrons. The fraction of sp³-hybridized carbons (Fsp3) is 0.250. The van der Waals surface area contributed by atoms with E-state index in [4.69, 9.17) is 4.74 Å². The summed E-state index contributed by atoms with van der Waals surface area (Å²) < 4.78 is 7.12. The van der Waals surface area contributed by atoms with Crippen LogP contribution in [0.2, 0.25) is 0 Å². The summed E-state index contributed by atoms with van der Waals surface area (Å²) in [7, 11) is 1.62. The third-order valence-electron chi connectivity index (χ3n) is 2.62. The SMILES string of the molecule is COc1cccc2c(C)c(C(C)=O)cn12. The van der Waals surface area contributed by atoms with Crippen molar-refractivity contribution in [1.82, 2.24) is 4.40 Å². The minimum Gasteiger partial charge on any atom is -0.482 e. The molecule has 0 N–H and O–H groups in total. The van der Waals surface area contributed by atoms with Crippen LogP contribution in [-0.4, -0.2) is 17.3 Å². The highest BCUT2D eigenvalue weighted by Crippen LogP contribution is 2.23. The third kappa shape index (κ3) is 1.40. The van der Waals surface area contributed by atoms with Crippen molar-refractivity contribution in [1.29, 1.82) is 0 Å². The van der Waals surface area contributed by atoms with Crippen LogP contribution in [0.15, 0.2) is 24.4 Å². The molecule has 3 heteroatoms. The Morgan fingerprint density at radius 2 is 2.13 bits per heavy atom. The zero-order valence-corrected chi connectivity index (χ0v) is 9.07. The van der Waals surface area contributed by atoms with E-state index in [9.17, 15) is 4.79 Å². The Bertz CT molecular complexity index is 526. The summed E-state index contributed by atoms with van der Waals surface area (Å²) >= 11 is 0. The first-order valence-corrected chi connectivity index (χ1v) is 4.80. The number of aromatic nitrogens is 1. The molecule has 0 aromatic carbocycles. The molecule has 0 atom stereocenters. The number of methoxy groups -OCH3 is 1. The molecule has 0 unspecified atom stereocenters. The summed E-state index contributed by atoms with van der Waals surface area (Å²) in [5.41, 5.74) is 2.76. The Kier molecular flexibility index (Phi) is 2.23. The molecule has 0 spiro atoms. The highest BCUT2D eigenvalue weighted by Gasteiger charge is 2.11. The fourth-order valence-electron chi connectivity index (χ4n) is 1.82. The number of Topliss-reactive ketones (excluding diaryl/α,β-unsaturated/α-hetero) is 1. The van der Waals surface area contributed by atoms with Gasteiger partial charge in [-0.1, -0.05) is 6.07 Å². The first-order valence-electron chi connectivity index (χ1n) is 4.80. The van der Waals surface area contributed by atoms with E-state index in [1.807, 2.05) is 35.7 Å². The smallest absolute Gasteiger partial charge is 0.197 e. The van der Waals surface area contributed by atoms with E-state index in [0.717, 1.165) is 22.5 Å². The summed E-state index contributed by atoms with van der Waals surface area (Å²) in [5, 5.41) is 0. The summed E-state index contributed by atoms with van der Waals surface area (Å²) in [4.78, 5) is 11.4. The Morgan fingerprint density at radius 1 is 1.40 bits per heavy atom. The van der Waals surface area contributed by atoms with Gasteiger partial charge in [0.05, 0.1) is 12.6 Å². The van der Waals surface area contributed by atoms with Crippen molar-refractivity contribution in [3.05, 3.63) is 35.5 Å². The largest absolute Gasteiger partial charge is 0.482 e. The molecule has 78 valence electrons. The van der Waals surface area contributed by atoms with Gasteiger partial charge in [0.25, 0.3) is 0 Å². The lowest BCUT2D eigenvalue weighted by Crippen LogP contribution is -1.92. The normalized spacial score (nSPS) is 10.6. The molecule has 0 saturated heterocycles. The van der Waals surface area contributed by atoms with Crippen LogP contribution in [0.25, 0.3) is 5.52 Å². The van der Waals surface area contributed by atoms with Crippen LogP contribution in [0.1, 0.15) is 22.8 Å². The van der Waals surface area contributed by atoms with Crippen molar-refractivity contribution < 1.29 is 9.53 Å². The van der Waals surface area contributed by atoms with E-state index in [0.29, 0.717) is 0 Å². The monoisotopic (exact) mass is 203 g/mol. The van der Waals surface area contributed by atoms with Crippen LogP contribution in [0, 0.1) is 6.92 Å². The zero-order valence-electron chi connectivity index (χ0n) is 9.07. The number of aryl methyl sites for hydroxylation is 1. The van der Waals surface area contributed by atoms with Gasteiger partial charge in [-0.05, 0) is 31.5 Å². The predicted molar refractivity (Wildman–Crippen MR) is 58.7 cm³/mol. The lowest BCUT2D eigenvalue weighted by molar-refractivity contribution is 0.101. The molecular formula is C12H13NO2. The molecule has 2 rings (SSSR count). The number of nitrogens with zero attached hydrogens (tertiary/aromatic N) is 1. The summed E-state index contributed by atoms with van der Waals surface area (Å²) in [6, 6.07) is 5.77. The third-order valence-corrected chi connectivity index (χ3v) is 2.62. The molecular weight excluding hydrogens is 190 g/mol. The van der Waals surface area contributed by atoms with Gasteiger partial charge in [-0.15, -0.1) is 0 Å². The van der Waals surface area contributed by atoms with Gasteiger partial charge >= 0.3 is 0 Å². The predicted octanol–water partition coefficient (Wildman–Crippen LogP) is 2.46. The van der Waals surface area contributed by atoms with Gasteiger partial charge in [0.15, 0.2) is 11.7 Å². The lowest BCUT2D eigenvalue weighted by Gasteiger charge is -2.03. The Hall–Kier alpha value is -1.77. The molecule has 0 aliphatic heterocycles. The van der Waals surface area contributed by atoms with Gasteiger partial charge < -0.3 is 4.74 Å². The van der Waals surface area contributed by atoms with Crippen molar-refractivity contribution in [2.45, 2.75) is 13.8 Å². The van der Waals surface area contributed by atoms with E-state index in [-0.39, 0.29) is 5.78 Å². The molecule has 2 aromatic rings. The number of pyridine rings is 1. The van der Waals surface area contributed by atoms with Crippen molar-refractivity contribution in [2.24, 2.45) is 0 Å². The molecule has 0 aliphatic carbocycles. The molecule has 0 bridgehead atoms. The average molecular weight is 203 g/mol. The van der Waals surface area contributed by atoms with Gasteiger partial charge in [-0.2, -0.15) is 0 Å². The summed E-state index contributed by atoms with van der Waals surface area (Å²) in [6.45, 7) is 3.53. The van der Waals surface area contributed by atoms with Crippen LogP contribution >= 0.6 is 0 Å². The van der Waals surface area contributed by atoms with Crippen molar-refractivity contribution in [2.75, 3.05) is 7.11 Å². The van der Waals surface area contributed by atoms with Crippen molar-refractivity contribution in [3.8, 4) is 5.88 Å². The van der Waals surface area contributed by atoms with Crippen LogP contribution in [0.4, 0.5) is 0 Å². The summed E-state index contributed by atoms with van der Waals surface area (Å²) in [5.74, 6) is 0.821. The topological polar surface area (TPSA) is 30.7 Å². The number of fused-ring (bicyclic) bond motifs is 1.